The summed E-state index contributed by atoms with van der Waals surface area (Å²) in [6.07, 6.45) is 11.1. The van der Waals surface area contributed by atoms with Crippen LogP contribution in [0, 0.1) is 5.92 Å². The van der Waals surface area contributed by atoms with Crippen LogP contribution in [0.2, 0.25) is 0 Å². The van der Waals surface area contributed by atoms with Crippen LogP contribution >= 0.6 is 0 Å². The standard InChI is InChI=1S/C32H45N3O4/c1-23-4-8-25(9-5-23)33-18-2-20-37-28-14-6-24(7-15-28)32-35-30-17-16-29(22-31(30)39-32)38-21-3-19-34-26-10-12-27(36)13-11-26/h6-7,14-17,22-23,25-27,33-34,36H,2-5,8-13,18-21H2,1H3. The number of hydrogen-bond donors (Lipinski definition) is 3. The number of fused-ring (bicyclic) bond motifs is 1. The van der Waals surface area contributed by atoms with Gasteiger partial charge in [-0.2, -0.15) is 0 Å². The maximum Gasteiger partial charge on any atom is 0.227 e. The third-order valence-electron chi connectivity index (χ3n) is 8.22. The largest absolute Gasteiger partial charge is 0.494 e. The summed E-state index contributed by atoms with van der Waals surface area (Å²) in [7, 11) is 0. The van der Waals surface area contributed by atoms with Crippen molar-refractivity contribution in [2.24, 2.45) is 5.92 Å². The fourth-order valence-corrected chi connectivity index (χ4v) is 5.69. The van der Waals surface area contributed by atoms with Gasteiger partial charge in [-0.15, -0.1) is 0 Å². The van der Waals surface area contributed by atoms with Gasteiger partial charge < -0.3 is 29.6 Å². The number of ether oxygens (including phenoxy) is 2. The van der Waals surface area contributed by atoms with Crippen molar-refractivity contribution in [3.05, 3.63) is 42.5 Å². The first-order valence-electron chi connectivity index (χ1n) is 15.0. The van der Waals surface area contributed by atoms with Crippen LogP contribution in [0.1, 0.15) is 71.1 Å². The van der Waals surface area contributed by atoms with E-state index in [-0.39, 0.29) is 6.10 Å². The van der Waals surface area contributed by atoms with Gasteiger partial charge >= 0.3 is 0 Å². The smallest absolute Gasteiger partial charge is 0.227 e. The van der Waals surface area contributed by atoms with Gasteiger partial charge in [-0.05, 0) is 120 Å². The predicted octanol–water partition coefficient (Wildman–Crippen LogP) is 6.09. The minimum Gasteiger partial charge on any atom is -0.494 e. The van der Waals surface area contributed by atoms with E-state index in [2.05, 4.69) is 22.5 Å². The van der Waals surface area contributed by atoms with E-state index < -0.39 is 0 Å². The Morgan fingerprint density at radius 1 is 0.795 bits per heavy atom. The molecule has 2 fully saturated rings. The van der Waals surface area contributed by atoms with E-state index in [1.165, 1.54) is 25.7 Å². The van der Waals surface area contributed by atoms with Crippen LogP contribution in [0.15, 0.2) is 46.9 Å². The molecule has 212 valence electrons. The Labute approximate surface area is 232 Å². The van der Waals surface area contributed by atoms with Crippen molar-refractivity contribution in [2.45, 2.75) is 89.3 Å². The topological polar surface area (TPSA) is 88.8 Å². The Hall–Kier alpha value is -2.61. The zero-order valence-electron chi connectivity index (χ0n) is 23.4. The van der Waals surface area contributed by atoms with E-state index in [1.54, 1.807) is 0 Å². The van der Waals surface area contributed by atoms with Gasteiger partial charge in [0.1, 0.15) is 17.0 Å². The van der Waals surface area contributed by atoms with E-state index in [1.807, 2.05) is 42.5 Å². The van der Waals surface area contributed by atoms with Crippen molar-refractivity contribution in [3.63, 3.8) is 0 Å². The Morgan fingerprint density at radius 3 is 2.05 bits per heavy atom. The minimum absolute atomic E-state index is 0.108. The molecule has 5 rings (SSSR count). The number of oxazole rings is 1. The molecule has 2 aliphatic carbocycles. The van der Waals surface area contributed by atoms with Crippen molar-refractivity contribution in [3.8, 4) is 23.0 Å². The molecule has 2 aromatic carbocycles. The minimum atomic E-state index is -0.108. The Bertz CT molecular complexity index is 1130. The summed E-state index contributed by atoms with van der Waals surface area (Å²) in [4.78, 5) is 4.66. The molecular formula is C32H45N3O4. The van der Waals surface area contributed by atoms with Crippen LogP contribution in [-0.2, 0) is 0 Å². The van der Waals surface area contributed by atoms with Crippen LogP contribution < -0.4 is 20.1 Å². The predicted molar refractivity (Wildman–Crippen MR) is 155 cm³/mol. The quantitative estimate of drug-likeness (QED) is 0.228. The summed E-state index contributed by atoms with van der Waals surface area (Å²) in [6, 6.07) is 15.0. The third-order valence-corrected chi connectivity index (χ3v) is 8.22. The number of rotatable bonds is 13. The Balaban J connectivity index is 1.02. The molecule has 0 bridgehead atoms. The van der Waals surface area contributed by atoms with Gasteiger partial charge in [0.2, 0.25) is 5.89 Å². The first kappa shape index (κ1) is 27.9. The summed E-state index contributed by atoms with van der Waals surface area (Å²) in [5.74, 6) is 3.15. The molecule has 2 aliphatic rings. The highest BCUT2D eigenvalue weighted by atomic mass is 16.5. The fraction of sp³-hybridized carbons (Fsp3) is 0.594. The molecule has 1 heterocycles. The maximum absolute atomic E-state index is 9.63. The van der Waals surface area contributed by atoms with Crippen LogP contribution in [0.5, 0.6) is 11.5 Å². The van der Waals surface area contributed by atoms with Crippen molar-refractivity contribution in [1.82, 2.24) is 15.6 Å². The van der Waals surface area contributed by atoms with Crippen molar-refractivity contribution >= 4 is 11.1 Å². The van der Waals surface area contributed by atoms with Crippen LogP contribution in [0.3, 0.4) is 0 Å². The second-order valence-electron chi connectivity index (χ2n) is 11.4. The number of hydrogen-bond acceptors (Lipinski definition) is 7. The molecule has 2 saturated carbocycles. The highest BCUT2D eigenvalue weighted by Crippen LogP contribution is 2.28. The number of aliphatic hydroxyl groups excluding tert-OH is 1. The molecule has 0 radical (unpaired) electrons. The summed E-state index contributed by atoms with van der Waals surface area (Å²) in [5, 5.41) is 16.9. The normalized spacial score (nSPS) is 23.6. The van der Waals surface area contributed by atoms with Gasteiger partial charge in [0.15, 0.2) is 5.58 Å². The third kappa shape index (κ3) is 8.44. The van der Waals surface area contributed by atoms with Gasteiger partial charge in [0.25, 0.3) is 0 Å². The zero-order valence-corrected chi connectivity index (χ0v) is 23.4. The van der Waals surface area contributed by atoms with Gasteiger partial charge in [-0.1, -0.05) is 6.92 Å². The lowest BCUT2D eigenvalue weighted by molar-refractivity contribution is 0.116. The lowest BCUT2D eigenvalue weighted by Crippen LogP contribution is -2.35. The van der Waals surface area contributed by atoms with Crippen molar-refractivity contribution in [2.75, 3.05) is 26.3 Å². The average molecular weight is 536 g/mol. The number of benzene rings is 2. The summed E-state index contributed by atoms with van der Waals surface area (Å²) in [6.45, 7) is 5.65. The maximum atomic E-state index is 9.63. The summed E-state index contributed by atoms with van der Waals surface area (Å²) < 4.78 is 18.0. The zero-order chi connectivity index (χ0) is 26.9. The fourth-order valence-electron chi connectivity index (χ4n) is 5.69. The molecule has 0 amide bonds. The lowest BCUT2D eigenvalue weighted by Gasteiger charge is -2.27. The second kappa shape index (κ2) is 14.1. The molecule has 39 heavy (non-hydrogen) atoms. The van der Waals surface area contributed by atoms with E-state index >= 15 is 0 Å². The summed E-state index contributed by atoms with van der Waals surface area (Å²) >= 11 is 0. The first-order valence-corrected chi connectivity index (χ1v) is 15.0. The van der Waals surface area contributed by atoms with Crippen LogP contribution in [0.25, 0.3) is 22.6 Å². The molecule has 7 nitrogen and oxygen atoms in total. The molecule has 0 unspecified atom stereocenters. The molecule has 0 saturated heterocycles. The van der Waals surface area contributed by atoms with E-state index in [4.69, 9.17) is 13.9 Å². The van der Waals surface area contributed by atoms with E-state index in [9.17, 15) is 5.11 Å². The number of nitrogens with one attached hydrogen (secondary N) is 2. The molecular weight excluding hydrogens is 490 g/mol. The molecule has 7 heteroatoms. The molecule has 3 N–H and O–H groups in total. The number of nitrogens with zero attached hydrogens (tertiary/aromatic N) is 1. The van der Waals surface area contributed by atoms with Crippen molar-refractivity contribution < 1.29 is 19.0 Å². The van der Waals surface area contributed by atoms with Crippen molar-refractivity contribution in [1.29, 1.82) is 0 Å². The van der Waals surface area contributed by atoms with E-state index in [0.717, 1.165) is 85.7 Å². The molecule has 0 aliphatic heterocycles. The number of aromatic nitrogens is 1. The molecule has 0 spiro atoms. The number of aliphatic hydroxyl groups is 1. The lowest BCUT2D eigenvalue weighted by atomic mass is 9.87. The highest BCUT2D eigenvalue weighted by Gasteiger charge is 2.19. The Morgan fingerprint density at radius 2 is 1.38 bits per heavy atom. The highest BCUT2D eigenvalue weighted by molar-refractivity contribution is 5.77. The SMILES string of the molecule is CC1CCC(NCCCOc2ccc(-c3nc4ccc(OCCCNC5CCC(O)CC5)cc4o3)cc2)CC1. The molecule has 0 atom stereocenters. The average Bonchev–Trinajstić information content (AvgIpc) is 3.39. The first-order chi connectivity index (χ1) is 19.1. The molecule has 1 aromatic heterocycles. The van der Waals surface area contributed by atoms with Gasteiger partial charge in [0, 0.05) is 23.7 Å². The van der Waals surface area contributed by atoms with Gasteiger partial charge in [-0.3, -0.25) is 0 Å². The monoisotopic (exact) mass is 535 g/mol. The Kier molecular flexibility index (Phi) is 10.1. The van der Waals surface area contributed by atoms with E-state index in [0.29, 0.717) is 31.2 Å². The van der Waals surface area contributed by atoms with Crippen LogP contribution in [0.4, 0.5) is 0 Å². The van der Waals surface area contributed by atoms with Gasteiger partial charge in [0.05, 0.1) is 19.3 Å². The van der Waals surface area contributed by atoms with Crippen LogP contribution in [-0.4, -0.2) is 54.6 Å². The molecule has 3 aromatic rings. The second-order valence-corrected chi connectivity index (χ2v) is 11.4. The van der Waals surface area contributed by atoms with Gasteiger partial charge in [-0.25, -0.2) is 4.98 Å². The summed E-state index contributed by atoms with van der Waals surface area (Å²) in [5.41, 5.74) is 2.47.